The highest BCUT2D eigenvalue weighted by atomic mass is 16.1. The molecule has 3 aromatic rings. The number of fused-ring (bicyclic) bond motifs is 1. The van der Waals surface area contributed by atoms with E-state index in [1.54, 1.807) is 12.3 Å². The molecule has 0 saturated heterocycles. The molecule has 1 heterocycles. The van der Waals surface area contributed by atoms with Crippen LogP contribution in [0.3, 0.4) is 0 Å². The molecule has 3 rings (SSSR count). The van der Waals surface area contributed by atoms with Crippen LogP contribution in [0.5, 0.6) is 0 Å². The first kappa shape index (κ1) is 14.4. The average molecular weight is 292 g/mol. The number of para-hydroxylation sites is 1. The summed E-state index contributed by atoms with van der Waals surface area (Å²) in [7, 11) is 0. The Balaban J connectivity index is 2.23. The van der Waals surface area contributed by atoms with Crippen molar-refractivity contribution in [1.82, 2.24) is 4.57 Å². The summed E-state index contributed by atoms with van der Waals surface area (Å²) in [6.07, 6.45) is 1.80. The van der Waals surface area contributed by atoms with E-state index in [1.165, 1.54) is 0 Å². The van der Waals surface area contributed by atoms with Gasteiger partial charge in [0.25, 0.3) is 0 Å². The number of pyridine rings is 1. The van der Waals surface area contributed by atoms with Crippen LogP contribution < -0.4 is 11.2 Å². The van der Waals surface area contributed by atoms with Crippen molar-refractivity contribution in [3.8, 4) is 5.69 Å². The van der Waals surface area contributed by atoms with Crippen molar-refractivity contribution in [2.75, 3.05) is 5.73 Å². The minimum Gasteiger partial charge on any atom is -0.398 e. The van der Waals surface area contributed by atoms with Crippen LogP contribution in [-0.4, -0.2) is 4.57 Å². The van der Waals surface area contributed by atoms with E-state index in [0.29, 0.717) is 5.39 Å². The number of benzene rings is 2. The third-order valence-corrected chi connectivity index (χ3v) is 3.93. The van der Waals surface area contributed by atoms with Crippen LogP contribution in [0.4, 0.5) is 5.69 Å². The number of nitrogens with zero attached hydrogens (tertiary/aromatic N) is 1. The lowest BCUT2D eigenvalue weighted by atomic mass is 9.86. The molecule has 0 aliphatic heterocycles. The van der Waals surface area contributed by atoms with E-state index in [2.05, 4.69) is 26.8 Å². The maximum Gasteiger partial charge on any atom is 0.189 e. The number of hydrogen-bond donors (Lipinski definition) is 1. The summed E-state index contributed by atoms with van der Waals surface area (Å²) in [5.41, 5.74) is 10.0. The van der Waals surface area contributed by atoms with Crippen LogP contribution in [0.15, 0.2) is 59.5 Å². The van der Waals surface area contributed by atoms with Crippen LogP contribution in [-0.2, 0) is 5.41 Å². The van der Waals surface area contributed by atoms with Gasteiger partial charge in [0.2, 0.25) is 0 Å². The van der Waals surface area contributed by atoms with Crippen molar-refractivity contribution in [2.45, 2.75) is 26.2 Å². The molecule has 0 radical (unpaired) electrons. The number of nitrogen functional groups attached to an aromatic ring is 1. The van der Waals surface area contributed by atoms with E-state index < -0.39 is 0 Å². The summed E-state index contributed by atoms with van der Waals surface area (Å²) in [6, 6.07) is 15.3. The maximum absolute atomic E-state index is 12.0. The normalized spacial score (nSPS) is 11.8. The number of anilines is 1. The zero-order chi connectivity index (χ0) is 15.9. The molecule has 3 heteroatoms. The molecule has 1 aromatic heterocycles. The molecule has 0 fully saturated rings. The second-order valence-corrected chi connectivity index (χ2v) is 6.59. The van der Waals surface area contributed by atoms with E-state index in [4.69, 9.17) is 5.73 Å². The molecule has 2 aromatic carbocycles. The molecule has 0 saturated carbocycles. The van der Waals surface area contributed by atoms with Crippen LogP contribution >= 0.6 is 0 Å². The van der Waals surface area contributed by atoms with Gasteiger partial charge in [-0.1, -0.05) is 39.0 Å². The van der Waals surface area contributed by atoms with Gasteiger partial charge in [-0.25, -0.2) is 0 Å². The number of nitrogens with two attached hydrogens (primary N) is 1. The molecular weight excluding hydrogens is 272 g/mol. The SMILES string of the molecule is CC(C)(C)c1ccc(-n2ccc(=O)c3ccccc32)cc1N. The zero-order valence-corrected chi connectivity index (χ0v) is 13.1. The van der Waals surface area contributed by atoms with Gasteiger partial charge in [0, 0.05) is 29.0 Å². The summed E-state index contributed by atoms with van der Waals surface area (Å²) in [5.74, 6) is 0. The second kappa shape index (κ2) is 5.02. The van der Waals surface area contributed by atoms with Crippen LogP contribution in [0.1, 0.15) is 26.3 Å². The maximum atomic E-state index is 12.0. The van der Waals surface area contributed by atoms with E-state index in [-0.39, 0.29) is 10.8 Å². The lowest BCUT2D eigenvalue weighted by Gasteiger charge is -2.22. The Hall–Kier alpha value is -2.55. The Morgan fingerprint density at radius 2 is 1.73 bits per heavy atom. The minimum atomic E-state index is 0.00816. The van der Waals surface area contributed by atoms with E-state index >= 15 is 0 Å². The van der Waals surface area contributed by atoms with Gasteiger partial charge in [0.15, 0.2) is 5.43 Å². The first-order chi connectivity index (χ1) is 10.4. The lowest BCUT2D eigenvalue weighted by molar-refractivity contribution is 0.592. The van der Waals surface area contributed by atoms with Crippen molar-refractivity contribution in [1.29, 1.82) is 0 Å². The number of hydrogen-bond acceptors (Lipinski definition) is 2. The van der Waals surface area contributed by atoms with Gasteiger partial charge in [-0.05, 0) is 35.2 Å². The van der Waals surface area contributed by atoms with Crippen molar-refractivity contribution in [2.24, 2.45) is 0 Å². The van der Waals surface area contributed by atoms with Crippen molar-refractivity contribution < 1.29 is 0 Å². The summed E-state index contributed by atoms with van der Waals surface area (Å²) in [5, 5.41) is 0.712. The van der Waals surface area contributed by atoms with Gasteiger partial charge in [-0.3, -0.25) is 4.79 Å². The van der Waals surface area contributed by atoms with Gasteiger partial charge >= 0.3 is 0 Å². The highest BCUT2D eigenvalue weighted by molar-refractivity contribution is 5.80. The van der Waals surface area contributed by atoms with E-state index in [1.807, 2.05) is 41.0 Å². The third kappa shape index (κ3) is 2.39. The molecule has 0 spiro atoms. The highest BCUT2D eigenvalue weighted by Gasteiger charge is 2.17. The van der Waals surface area contributed by atoms with Crippen LogP contribution in [0.2, 0.25) is 0 Å². The van der Waals surface area contributed by atoms with Crippen LogP contribution in [0, 0.1) is 0 Å². The first-order valence-corrected chi connectivity index (χ1v) is 7.39. The molecule has 22 heavy (non-hydrogen) atoms. The Kier molecular flexibility index (Phi) is 3.28. The van der Waals surface area contributed by atoms with Gasteiger partial charge < -0.3 is 10.3 Å². The van der Waals surface area contributed by atoms with Gasteiger partial charge in [0.1, 0.15) is 0 Å². The largest absolute Gasteiger partial charge is 0.398 e. The molecule has 3 nitrogen and oxygen atoms in total. The van der Waals surface area contributed by atoms with E-state index in [0.717, 1.165) is 22.5 Å². The predicted molar refractivity (Wildman–Crippen MR) is 92.7 cm³/mol. The second-order valence-electron chi connectivity index (χ2n) is 6.59. The van der Waals surface area contributed by atoms with Crippen molar-refractivity contribution in [3.05, 3.63) is 70.5 Å². The summed E-state index contributed by atoms with van der Waals surface area (Å²) in [6.45, 7) is 6.44. The smallest absolute Gasteiger partial charge is 0.189 e. The van der Waals surface area contributed by atoms with Crippen LogP contribution in [0.25, 0.3) is 16.6 Å². The summed E-state index contributed by atoms with van der Waals surface area (Å²) >= 11 is 0. The molecule has 112 valence electrons. The first-order valence-electron chi connectivity index (χ1n) is 7.39. The fourth-order valence-electron chi connectivity index (χ4n) is 2.81. The molecule has 0 amide bonds. The topological polar surface area (TPSA) is 48.0 Å². The highest BCUT2D eigenvalue weighted by Crippen LogP contribution is 2.29. The third-order valence-electron chi connectivity index (χ3n) is 3.93. The minimum absolute atomic E-state index is 0.00816. The molecule has 0 unspecified atom stereocenters. The lowest BCUT2D eigenvalue weighted by Crippen LogP contribution is -2.14. The molecular formula is C19H20N2O. The van der Waals surface area contributed by atoms with Gasteiger partial charge in [0.05, 0.1) is 5.52 Å². The fourth-order valence-corrected chi connectivity index (χ4v) is 2.81. The summed E-state index contributed by atoms with van der Waals surface area (Å²) in [4.78, 5) is 12.0. The monoisotopic (exact) mass is 292 g/mol. The molecule has 0 aliphatic carbocycles. The van der Waals surface area contributed by atoms with E-state index in [9.17, 15) is 4.79 Å². The zero-order valence-electron chi connectivity index (χ0n) is 13.1. The fraction of sp³-hybridized carbons (Fsp3) is 0.211. The Bertz CT molecular complexity index is 901. The Morgan fingerprint density at radius 3 is 2.41 bits per heavy atom. The van der Waals surface area contributed by atoms with Gasteiger partial charge in [-0.2, -0.15) is 0 Å². The van der Waals surface area contributed by atoms with Crippen molar-refractivity contribution >= 4 is 16.6 Å². The molecule has 0 aliphatic rings. The van der Waals surface area contributed by atoms with Crippen molar-refractivity contribution in [3.63, 3.8) is 0 Å². The number of rotatable bonds is 1. The van der Waals surface area contributed by atoms with Gasteiger partial charge in [-0.15, -0.1) is 0 Å². The average Bonchev–Trinajstić information content (AvgIpc) is 2.46. The molecule has 2 N–H and O–H groups in total. The number of aromatic nitrogens is 1. The standard InChI is InChI=1S/C19H20N2O/c1-19(2,3)15-9-8-13(12-16(15)20)21-11-10-18(22)14-6-4-5-7-17(14)21/h4-12H,20H2,1-3H3. The quantitative estimate of drug-likeness (QED) is 0.692. The summed E-state index contributed by atoms with van der Waals surface area (Å²) < 4.78 is 2.00. The Labute approximate surface area is 130 Å². The predicted octanol–water partition coefficient (Wildman–Crippen LogP) is 3.87. The Morgan fingerprint density at radius 1 is 1.00 bits per heavy atom. The molecule has 0 bridgehead atoms. The molecule has 0 atom stereocenters.